The molecule has 4 rings (SSSR count). The van der Waals surface area contributed by atoms with Gasteiger partial charge < -0.3 is 14.8 Å². The lowest BCUT2D eigenvalue weighted by molar-refractivity contribution is 0.0931. The molecule has 1 atom stereocenters. The summed E-state index contributed by atoms with van der Waals surface area (Å²) in [6, 6.07) is 22.0. The molecule has 1 amide bonds. The topological polar surface area (TPSA) is 78.3 Å². The second kappa shape index (κ2) is 10.7. The first-order valence-corrected chi connectivity index (χ1v) is 10.7. The van der Waals surface area contributed by atoms with Crippen molar-refractivity contribution in [2.75, 3.05) is 7.11 Å². The third-order valence-electron chi connectivity index (χ3n) is 5.11. The molecule has 8 heteroatoms. The summed E-state index contributed by atoms with van der Waals surface area (Å²) in [5.41, 5.74) is 2.28. The second-order valence-electron chi connectivity index (χ2n) is 7.30. The Labute approximate surface area is 196 Å². The monoisotopic (exact) mass is 462 g/mol. The maximum absolute atomic E-state index is 13.1. The summed E-state index contributed by atoms with van der Waals surface area (Å²) in [6.45, 7) is 0.738. The van der Waals surface area contributed by atoms with E-state index in [1.54, 1.807) is 29.2 Å². The molecule has 7 nitrogen and oxygen atoms in total. The highest BCUT2D eigenvalue weighted by Gasteiger charge is 2.18. The first-order chi connectivity index (χ1) is 16.1. The Balaban J connectivity index is 1.50. The molecule has 0 spiro atoms. The van der Waals surface area contributed by atoms with E-state index in [-0.39, 0.29) is 18.6 Å². The molecule has 168 valence electrons. The Morgan fingerprint density at radius 3 is 2.58 bits per heavy atom. The number of benzene rings is 3. The second-order valence-corrected chi connectivity index (χ2v) is 7.71. The predicted molar refractivity (Wildman–Crippen MR) is 125 cm³/mol. The number of hydrogen-bond acceptors (Lipinski definition) is 5. The largest absolute Gasteiger partial charge is 0.493 e. The van der Waals surface area contributed by atoms with E-state index >= 15 is 0 Å². The SMILES string of the molecule is COc1cc(C(=O)NC(Cn2cncn2)c2ccccc2)ccc1OCc1ccccc1Cl. The Kier molecular flexibility index (Phi) is 7.22. The number of nitrogens with one attached hydrogen (secondary N) is 1. The van der Waals surface area contributed by atoms with Crippen molar-refractivity contribution < 1.29 is 14.3 Å². The minimum Gasteiger partial charge on any atom is -0.493 e. The van der Waals surface area contributed by atoms with Gasteiger partial charge in [0.15, 0.2) is 11.5 Å². The van der Waals surface area contributed by atoms with Crippen molar-refractivity contribution in [1.29, 1.82) is 0 Å². The zero-order valence-electron chi connectivity index (χ0n) is 18.0. The zero-order valence-corrected chi connectivity index (χ0v) is 18.8. The number of carbonyl (C=O) groups excluding carboxylic acids is 1. The molecule has 3 aromatic carbocycles. The van der Waals surface area contributed by atoms with Crippen LogP contribution < -0.4 is 14.8 Å². The summed E-state index contributed by atoms with van der Waals surface area (Å²) >= 11 is 6.21. The minimum atomic E-state index is -0.289. The van der Waals surface area contributed by atoms with Gasteiger partial charge in [-0.3, -0.25) is 9.48 Å². The fraction of sp³-hybridized carbons (Fsp3) is 0.160. The van der Waals surface area contributed by atoms with Gasteiger partial charge in [0.25, 0.3) is 5.91 Å². The van der Waals surface area contributed by atoms with Crippen LogP contribution in [0.15, 0.2) is 85.5 Å². The minimum absolute atomic E-state index is 0.236. The molecule has 1 N–H and O–H groups in total. The molecule has 33 heavy (non-hydrogen) atoms. The normalized spacial score (nSPS) is 11.6. The summed E-state index contributed by atoms with van der Waals surface area (Å²) in [5, 5.41) is 7.87. The van der Waals surface area contributed by atoms with Crippen LogP contribution in [0.5, 0.6) is 11.5 Å². The number of methoxy groups -OCH3 is 1. The van der Waals surface area contributed by atoms with E-state index < -0.39 is 0 Å². The Bertz CT molecular complexity index is 1200. The average molecular weight is 463 g/mol. The molecule has 4 aromatic rings. The molecular weight excluding hydrogens is 440 g/mol. The molecule has 1 heterocycles. The van der Waals surface area contributed by atoms with Gasteiger partial charge in [-0.05, 0) is 29.8 Å². The van der Waals surface area contributed by atoms with E-state index in [0.717, 1.165) is 11.1 Å². The van der Waals surface area contributed by atoms with Crippen LogP contribution in [0.4, 0.5) is 0 Å². The molecule has 0 saturated carbocycles. The van der Waals surface area contributed by atoms with Gasteiger partial charge in [0.05, 0.1) is 19.7 Å². The number of nitrogens with zero attached hydrogens (tertiary/aromatic N) is 3. The van der Waals surface area contributed by atoms with E-state index in [2.05, 4.69) is 15.4 Å². The number of halogens is 1. The number of aromatic nitrogens is 3. The molecule has 0 saturated heterocycles. The van der Waals surface area contributed by atoms with Crippen molar-refractivity contribution in [3.8, 4) is 11.5 Å². The van der Waals surface area contributed by atoms with Gasteiger partial charge in [0.2, 0.25) is 0 Å². The molecule has 0 aliphatic carbocycles. The predicted octanol–water partition coefficient (Wildman–Crippen LogP) is 4.69. The first-order valence-electron chi connectivity index (χ1n) is 10.4. The highest BCUT2D eigenvalue weighted by Crippen LogP contribution is 2.30. The number of carbonyl (C=O) groups is 1. The lowest BCUT2D eigenvalue weighted by atomic mass is 10.1. The molecule has 0 radical (unpaired) electrons. The van der Waals surface area contributed by atoms with Crippen LogP contribution in [0.25, 0.3) is 0 Å². The van der Waals surface area contributed by atoms with Gasteiger partial charge in [-0.2, -0.15) is 5.10 Å². The van der Waals surface area contributed by atoms with E-state index in [1.807, 2.05) is 54.6 Å². The molecule has 0 aliphatic heterocycles. The zero-order chi connectivity index (χ0) is 23.0. The van der Waals surface area contributed by atoms with Crippen LogP contribution >= 0.6 is 11.6 Å². The van der Waals surface area contributed by atoms with Crippen molar-refractivity contribution in [3.05, 3.63) is 107 Å². The maximum Gasteiger partial charge on any atom is 0.251 e. The van der Waals surface area contributed by atoms with Gasteiger partial charge >= 0.3 is 0 Å². The van der Waals surface area contributed by atoms with Crippen molar-refractivity contribution in [1.82, 2.24) is 20.1 Å². The third kappa shape index (κ3) is 5.70. The average Bonchev–Trinajstić information content (AvgIpc) is 3.37. The van der Waals surface area contributed by atoms with Gasteiger partial charge in [-0.25, -0.2) is 4.98 Å². The van der Waals surface area contributed by atoms with Crippen molar-refractivity contribution >= 4 is 17.5 Å². The van der Waals surface area contributed by atoms with Gasteiger partial charge in [0.1, 0.15) is 19.3 Å². The number of hydrogen-bond donors (Lipinski definition) is 1. The standard InChI is InChI=1S/C25H23ClN4O3/c1-32-24-13-19(11-12-23(24)33-15-20-9-5-6-10-21(20)26)25(31)29-22(14-30-17-27-16-28-30)18-7-3-2-4-8-18/h2-13,16-17,22H,14-15H2,1H3,(H,29,31). The highest BCUT2D eigenvalue weighted by molar-refractivity contribution is 6.31. The molecule has 1 unspecified atom stereocenters. The number of rotatable bonds is 9. The fourth-order valence-corrected chi connectivity index (χ4v) is 3.56. The number of ether oxygens (including phenoxy) is 2. The van der Waals surface area contributed by atoms with Gasteiger partial charge in [-0.1, -0.05) is 60.1 Å². The van der Waals surface area contributed by atoms with E-state index in [0.29, 0.717) is 28.6 Å². The Hall–Kier alpha value is -3.84. The van der Waals surface area contributed by atoms with Crippen molar-refractivity contribution in [3.63, 3.8) is 0 Å². The van der Waals surface area contributed by atoms with Crippen molar-refractivity contribution in [2.24, 2.45) is 0 Å². The van der Waals surface area contributed by atoms with E-state index in [1.165, 1.54) is 13.4 Å². The Morgan fingerprint density at radius 2 is 1.85 bits per heavy atom. The fourth-order valence-electron chi connectivity index (χ4n) is 3.37. The van der Waals surface area contributed by atoms with Gasteiger partial charge in [0, 0.05) is 16.1 Å². The Morgan fingerprint density at radius 1 is 1.06 bits per heavy atom. The summed E-state index contributed by atoms with van der Waals surface area (Å²) < 4.78 is 13.0. The molecule has 0 bridgehead atoms. The lowest BCUT2D eigenvalue weighted by Gasteiger charge is -2.20. The summed E-state index contributed by atoms with van der Waals surface area (Å²) in [4.78, 5) is 17.1. The third-order valence-corrected chi connectivity index (χ3v) is 5.48. The van der Waals surface area contributed by atoms with Gasteiger partial charge in [-0.15, -0.1) is 0 Å². The smallest absolute Gasteiger partial charge is 0.251 e. The van der Waals surface area contributed by atoms with Crippen LogP contribution in [-0.2, 0) is 13.2 Å². The maximum atomic E-state index is 13.1. The summed E-state index contributed by atoms with van der Waals surface area (Å²) in [6.07, 6.45) is 3.09. The van der Waals surface area contributed by atoms with Crippen molar-refractivity contribution in [2.45, 2.75) is 19.2 Å². The quantitative estimate of drug-likeness (QED) is 0.390. The van der Waals surface area contributed by atoms with E-state index in [9.17, 15) is 4.79 Å². The lowest BCUT2D eigenvalue weighted by Crippen LogP contribution is -2.31. The summed E-state index contributed by atoms with van der Waals surface area (Å²) in [7, 11) is 1.54. The number of amides is 1. The van der Waals surface area contributed by atoms with Crippen LogP contribution in [0.1, 0.15) is 27.5 Å². The molecular formula is C25H23ClN4O3. The molecule has 0 fully saturated rings. The summed E-state index contributed by atoms with van der Waals surface area (Å²) in [5.74, 6) is 0.748. The first kappa shape index (κ1) is 22.4. The molecule has 0 aliphatic rings. The van der Waals surface area contributed by atoms with Crippen LogP contribution in [0.3, 0.4) is 0 Å². The van der Waals surface area contributed by atoms with Crippen LogP contribution in [0, 0.1) is 0 Å². The molecule has 1 aromatic heterocycles. The highest BCUT2D eigenvalue weighted by atomic mass is 35.5. The van der Waals surface area contributed by atoms with Crippen LogP contribution in [0.2, 0.25) is 5.02 Å². The van der Waals surface area contributed by atoms with E-state index in [4.69, 9.17) is 21.1 Å². The van der Waals surface area contributed by atoms with Crippen LogP contribution in [-0.4, -0.2) is 27.8 Å².